The summed E-state index contributed by atoms with van der Waals surface area (Å²) < 4.78 is -1.36. The zero-order valence-electron chi connectivity index (χ0n) is 22.4. The van der Waals surface area contributed by atoms with Crippen molar-refractivity contribution in [1.29, 1.82) is 0 Å². The molecule has 0 saturated heterocycles. The smallest absolute Gasteiger partial charge is 0.412 e. The van der Waals surface area contributed by atoms with E-state index in [-0.39, 0.29) is 10.6 Å². The number of hydrogen-bond acceptors (Lipinski definition) is 3. The summed E-state index contributed by atoms with van der Waals surface area (Å²) in [6.45, 7) is 7.12. The highest BCUT2D eigenvalue weighted by atomic mass is 35.5. The van der Waals surface area contributed by atoms with Crippen LogP contribution in [-0.4, -0.2) is 32.9 Å². The molecule has 0 aromatic heterocycles. The van der Waals surface area contributed by atoms with Crippen LogP contribution in [-0.2, 0) is 4.79 Å². The predicted octanol–water partition coefficient (Wildman–Crippen LogP) is 9.02. The molecule has 0 radical (unpaired) electrons. The van der Waals surface area contributed by atoms with E-state index >= 15 is 0 Å². The van der Waals surface area contributed by atoms with Crippen molar-refractivity contribution < 1.29 is 19.5 Å². The van der Waals surface area contributed by atoms with Gasteiger partial charge in [0.25, 0.3) is 5.91 Å². The van der Waals surface area contributed by atoms with Crippen LogP contribution in [0.2, 0.25) is 15.1 Å². The third-order valence-corrected chi connectivity index (χ3v) is 8.34. The minimum atomic E-state index is -1.36. The molecule has 3 N–H and O–H groups in total. The Morgan fingerprint density at radius 2 is 1.54 bits per heavy atom. The van der Waals surface area contributed by atoms with Crippen LogP contribution in [0, 0.1) is 12.8 Å². The molecule has 4 rings (SSSR count). The Labute approximate surface area is 262 Å². The number of benzene rings is 3. The van der Waals surface area contributed by atoms with Gasteiger partial charge in [-0.15, -0.1) is 23.2 Å². The zero-order valence-corrected chi connectivity index (χ0v) is 26.1. The maximum Gasteiger partial charge on any atom is 0.412 e. The van der Waals surface area contributed by atoms with E-state index in [0.29, 0.717) is 38.2 Å². The van der Waals surface area contributed by atoms with Crippen molar-refractivity contribution >= 4 is 93.0 Å². The molecule has 1 aliphatic rings. The molecule has 1 fully saturated rings. The van der Waals surface area contributed by atoms with Gasteiger partial charge in [0, 0.05) is 38.6 Å². The minimum absolute atomic E-state index is 0.117. The fourth-order valence-electron chi connectivity index (χ4n) is 4.72. The second kappa shape index (κ2) is 11.5. The molecule has 0 spiro atoms. The maximum absolute atomic E-state index is 13.2. The molecule has 0 unspecified atom stereocenters. The van der Waals surface area contributed by atoms with Crippen LogP contribution < -0.4 is 15.5 Å². The predicted molar refractivity (Wildman–Crippen MR) is 167 cm³/mol. The molecule has 7 nitrogen and oxygen atoms in total. The van der Waals surface area contributed by atoms with E-state index in [1.54, 1.807) is 70.2 Å². The van der Waals surface area contributed by atoms with Crippen molar-refractivity contribution in [2.75, 3.05) is 15.5 Å². The van der Waals surface area contributed by atoms with Gasteiger partial charge in [-0.25, -0.2) is 4.79 Å². The molecule has 1 saturated carbocycles. The first-order chi connectivity index (χ1) is 19.0. The molecule has 0 bridgehead atoms. The summed E-state index contributed by atoms with van der Waals surface area (Å²) in [5.41, 5.74) is 1.99. The van der Waals surface area contributed by atoms with E-state index in [0.717, 1.165) is 0 Å². The molecular formula is C29H26Cl5N3O4. The number of amides is 3. The second-order valence-corrected chi connectivity index (χ2v) is 13.5. The lowest BCUT2D eigenvalue weighted by Gasteiger charge is -2.33. The molecule has 0 aliphatic heterocycles. The van der Waals surface area contributed by atoms with Gasteiger partial charge in [0.05, 0.1) is 16.5 Å². The molecule has 3 aromatic carbocycles. The number of carboxylic acid groups (broad SMARTS) is 1. The number of nitrogens with zero attached hydrogens (tertiary/aromatic N) is 1. The third-order valence-electron chi connectivity index (χ3n) is 6.64. The molecule has 1 aliphatic carbocycles. The number of hydrogen-bond donors (Lipinski definition) is 3. The van der Waals surface area contributed by atoms with Crippen LogP contribution in [0.4, 0.5) is 21.9 Å². The summed E-state index contributed by atoms with van der Waals surface area (Å²) in [5.74, 6) is -2.28. The van der Waals surface area contributed by atoms with Crippen molar-refractivity contribution in [3.8, 4) is 0 Å². The lowest BCUT2D eigenvalue weighted by Crippen LogP contribution is -2.45. The summed E-state index contributed by atoms with van der Waals surface area (Å²) in [6, 6.07) is 14.3. The number of halogens is 5. The molecule has 41 heavy (non-hydrogen) atoms. The van der Waals surface area contributed by atoms with Gasteiger partial charge >= 0.3 is 6.09 Å². The van der Waals surface area contributed by atoms with E-state index in [4.69, 9.17) is 58.0 Å². The first-order valence-corrected chi connectivity index (χ1v) is 14.3. The first kappa shape index (κ1) is 31.3. The molecule has 3 aromatic rings. The summed E-state index contributed by atoms with van der Waals surface area (Å²) in [6.07, 6.45) is -1.09. The van der Waals surface area contributed by atoms with E-state index in [2.05, 4.69) is 10.6 Å². The van der Waals surface area contributed by atoms with Crippen molar-refractivity contribution in [2.24, 2.45) is 5.92 Å². The number of rotatable bonds is 6. The zero-order chi connectivity index (χ0) is 30.4. The fraction of sp³-hybridized carbons (Fsp3) is 0.276. The average Bonchev–Trinajstić information content (AvgIpc) is 3.42. The highest BCUT2D eigenvalue weighted by Gasteiger charge is 2.67. The second-order valence-electron chi connectivity index (χ2n) is 10.8. The fourth-order valence-corrected chi connectivity index (χ4v) is 6.30. The van der Waals surface area contributed by atoms with Gasteiger partial charge < -0.3 is 15.7 Å². The molecule has 0 heterocycles. The lowest BCUT2D eigenvalue weighted by molar-refractivity contribution is -0.117. The Balaban J connectivity index is 1.51. The van der Waals surface area contributed by atoms with Crippen LogP contribution >= 0.6 is 58.0 Å². The quantitative estimate of drug-likeness (QED) is 0.231. The van der Waals surface area contributed by atoms with Crippen molar-refractivity contribution in [3.05, 3.63) is 86.4 Å². The lowest BCUT2D eigenvalue weighted by atomic mass is 10.0. The summed E-state index contributed by atoms with van der Waals surface area (Å²) in [4.78, 5) is 39.4. The number of nitrogens with one attached hydrogen (secondary N) is 2. The minimum Gasteiger partial charge on any atom is -0.465 e. The number of aryl methyl sites for hydroxylation is 1. The standard InChI is InChI=1S/C29H26Cl5N3O4/c1-14-9-19(37(27(40)41)28(2,3)4)6-8-22(14)36-25(38)20-13-18(5-7-21(20)32)35-26(39)24-23(29(24,33)34)15-10-16(30)12-17(31)11-15/h5-13,23-24H,1-4H3,(H,35,39)(H,36,38)(H,40,41)/t23-,24+/m0/s1. The van der Waals surface area contributed by atoms with Crippen LogP contribution in [0.25, 0.3) is 0 Å². The SMILES string of the molecule is Cc1cc(N(C(=O)O)C(C)(C)C)ccc1NC(=O)c1cc(NC(=O)[C@H]2[C@H](c3cc(Cl)cc(Cl)c3)C2(Cl)Cl)ccc1Cl. The molecular weight excluding hydrogens is 632 g/mol. The normalized spacial score (nSPS) is 17.5. The summed E-state index contributed by atoms with van der Waals surface area (Å²) in [5, 5.41) is 16.2. The Morgan fingerprint density at radius 3 is 2.10 bits per heavy atom. The maximum atomic E-state index is 13.2. The van der Waals surface area contributed by atoms with Crippen LogP contribution in [0.1, 0.15) is 48.2 Å². The van der Waals surface area contributed by atoms with Crippen molar-refractivity contribution in [2.45, 2.75) is 43.5 Å². The first-order valence-electron chi connectivity index (χ1n) is 12.4. The Morgan fingerprint density at radius 1 is 0.902 bits per heavy atom. The highest BCUT2D eigenvalue weighted by Crippen LogP contribution is 2.65. The number of alkyl halides is 2. The van der Waals surface area contributed by atoms with Gasteiger partial charge in [0.2, 0.25) is 5.91 Å². The van der Waals surface area contributed by atoms with Gasteiger partial charge in [-0.05, 0) is 93.4 Å². The van der Waals surface area contributed by atoms with E-state index < -0.39 is 39.6 Å². The van der Waals surface area contributed by atoms with Crippen LogP contribution in [0.5, 0.6) is 0 Å². The Hall–Kier alpha value is -2.68. The van der Waals surface area contributed by atoms with E-state index in [1.807, 2.05) is 0 Å². The van der Waals surface area contributed by atoms with Gasteiger partial charge in [-0.3, -0.25) is 14.5 Å². The highest BCUT2D eigenvalue weighted by molar-refractivity contribution is 6.53. The van der Waals surface area contributed by atoms with Crippen molar-refractivity contribution in [1.82, 2.24) is 0 Å². The summed E-state index contributed by atoms with van der Waals surface area (Å²) in [7, 11) is 0. The molecule has 12 heteroatoms. The van der Waals surface area contributed by atoms with E-state index in [9.17, 15) is 19.5 Å². The van der Waals surface area contributed by atoms with E-state index in [1.165, 1.54) is 17.0 Å². The van der Waals surface area contributed by atoms with Crippen LogP contribution in [0.3, 0.4) is 0 Å². The van der Waals surface area contributed by atoms with Crippen molar-refractivity contribution in [3.63, 3.8) is 0 Å². The number of carbonyl (C=O) groups excluding carboxylic acids is 2. The largest absolute Gasteiger partial charge is 0.465 e. The third kappa shape index (κ3) is 6.71. The van der Waals surface area contributed by atoms with Crippen LogP contribution in [0.15, 0.2) is 54.6 Å². The average molecular weight is 658 g/mol. The number of carbonyl (C=O) groups is 3. The van der Waals surface area contributed by atoms with Gasteiger partial charge in [0.15, 0.2) is 0 Å². The van der Waals surface area contributed by atoms with Gasteiger partial charge in [-0.2, -0.15) is 0 Å². The monoisotopic (exact) mass is 655 g/mol. The summed E-state index contributed by atoms with van der Waals surface area (Å²) >= 11 is 31.5. The topological polar surface area (TPSA) is 98.7 Å². The number of anilines is 3. The molecule has 3 amide bonds. The molecule has 2 atom stereocenters. The van der Waals surface area contributed by atoms with Gasteiger partial charge in [0.1, 0.15) is 4.33 Å². The Kier molecular flexibility index (Phi) is 8.80. The molecule has 216 valence electrons. The Bertz CT molecular complexity index is 1530. The van der Waals surface area contributed by atoms with Gasteiger partial charge in [-0.1, -0.05) is 34.8 Å².